The van der Waals surface area contributed by atoms with Gasteiger partial charge in [0.05, 0.1) is 18.8 Å². The molecule has 0 spiro atoms. The average Bonchev–Trinajstić information content (AvgIpc) is 3.51. The normalized spacial score (nSPS) is 16.5. The fourth-order valence-electron chi connectivity index (χ4n) is 3.96. The van der Waals surface area contributed by atoms with Crippen LogP contribution in [0.15, 0.2) is 28.8 Å². The standard InChI is InChI=1S/C21H22FN5O4/c1-26-17-11-27(18(28)12-30-15-4-2-14(22)3-5-15)10-16(17)19(24-26)21-23-20(25-31-21)13-6-8-29-9-7-13/h2-5,13H,6-12H2,1H3. The number of benzene rings is 1. The third-order valence-corrected chi connectivity index (χ3v) is 5.72. The van der Waals surface area contributed by atoms with Crippen molar-refractivity contribution in [2.45, 2.75) is 31.8 Å². The highest BCUT2D eigenvalue weighted by Gasteiger charge is 2.33. The van der Waals surface area contributed by atoms with Gasteiger partial charge in [-0.25, -0.2) is 4.39 Å². The number of halogens is 1. The van der Waals surface area contributed by atoms with Crippen LogP contribution in [0.3, 0.4) is 0 Å². The van der Waals surface area contributed by atoms with Crippen LogP contribution >= 0.6 is 0 Å². The van der Waals surface area contributed by atoms with Crippen LogP contribution < -0.4 is 4.74 Å². The Morgan fingerprint density at radius 1 is 1.23 bits per heavy atom. The van der Waals surface area contributed by atoms with E-state index in [-0.39, 0.29) is 24.2 Å². The summed E-state index contributed by atoms with van der Waals surface area (Å²) in [4.78, 5) is 18.9. The lowest BCUT2D eigenvalue weighted by atomic mass is 10.00. The van der Waals surface area contributed by atoms with Crippen LogP contribution in [0.25, 0.3) is 11.6 Å². The van der Waals surface area contributed by atoms with E-state index in [9.17, 15) is 9.18 Å². The number of hydrogen-bond acceptors (Lipinski definition) is 7. The van der Waals surface area contributed by atoms with Gasteiger partial charge in [0.2, 0.25) is 0 Å². The molecule has 0 N–H and O–H groups in total. The molecule has 1 fully saturated rings. The van der Waals surface area contributed by atoms with Crippen molar-refractivity contribution in [3.05, 3.63) is 47.2 Å². The molecule has 2 aliphatic heterocycles. The minimum atomic E-state index is -0.352. The molecule has 4 heterocycles. The van der Waals surface area contributed by atoms with Crippen molar-refractivity contribution in [3.63, 3.8) is 0 Å². The third-order valence-electron chi connectivity index (χ3n) is 5.72. The van der Waals surface area contributed by atoms with Crippen LogP contribution in [0.4, 0.5) is 4.39 Å². The van der Waals surface area contributed by atoms with E-state index < -0.39 is 0 Å². The van der Waals surface area contributed by atoms with Gasteiger partial charge in [-0.15, -0.1) is 0 Å². The van der Waals surface area contributed by atoms with Crippen LogP contribution in [0.5, 0.6) is 5.75 Å². The fourth-order valence-corrected chi connectivity index (χ4v) is 3.96. The summed E-state index contributed by atoms with van der Waals surface area (Å²) in [5.41, 5.74) is 2.44. The molecule has 0 saturated carbocycles. The topological polar surface area (TPSA) is 95.5 Å². The second kappa shape index (κ2) is 8.10. The van der Waals surface area contributed by atoms with E-state index in [1.54, 1.807) is 9.58 Å². The van der Waals surface area contributed by atoms with Crippen LogP contribution in [-0.4, -0.2) is 50.5 Å². The maximum Gasteiger partial charge on any atom is 0.278 e. The number of carbonyl (C=O) groups is 1. The molecule has 1 saturated heterocycles. The second-order valence-electron chi connectivity index (χ2n) is 7.73. The molecule has 0 bridgehead atoms. The lowest BCUT2D eigenvalue weighted by molar-refractivity contribution is -0.134. The van der Waals surface area contributed by atoms with E-state index in [1.165, 1.54) is 24.3 Å². The smallest absolute Gasteiger partial charge is 0.278 e. The van der Waals surface area contributed by atoms with E-state index in [4.69, 9.17) is 14.0 Å². The van der Waals surface area contributed by atoms with Gasteiger partial charge in [0.1, 0.15) is 11.6 Å². The highest BCUT2D eigenvalue weighted by molar-refractivity contribution is 5.79. The number of nitrogens with zero attached hydrogens (tertiary/aromatic N) is 5. The first-order valence-corrected chi connectivity index (χ1v) is 10.2. The first-order valence-electron chi connectivity index (χ1n) is 10.2. The van der Waals surface area contributed by atoms with E-state index in [0.717, 1.165) is 24.1 Å². The van der Waals surface area contributed by atoms with Crippen molar-refractivity contribution in [2.75, 3.05) is 19.8 Å². The van der Waals surface area contributed by atoms with Crippen LogP contribution in [0, 0.1) is 5.82 Å². The molecule has 0 atom stereocenters. The molecule has 31 heavy (non-hydrogen) atoms. The summed E-state index contributed by atoms with van der Waals surface area (Å²) in [6.07, 6.45) is 1.74. The van der Waals surface area contributed by atoms with E-state index in [1.807, 2.05) is 7.05 Å². The Kier molecular flexibility index (Phi) is 5.14. The van der Waals surface area contributed by atoms with Gasteiger partial charge in [-0.05, 0) is 37.1 Å². The van der Waals surface area contributed by atoms with Gasteiger partial charge in [0.15, 0.2) is 18.1 Å². The Bertz CT molecular complexity index is 1090. The van der Waals surface area contributed by atoms with Gasteiger partial charge in [-0.3, -0.25) is 9.48 Å². The number of amides is 1. The lowest BCUT2D eigenvalue weighted by Crippen LogP contribution is -2.31. The summed E-state index contributed by atoms with van der Waals surface area (Å²) in [5.74, 6) is 1.20. The Labute approximate surface area is 177 Å². The Morgan fingerprint density at radius 2 is 2.00 bits per heavy atom. The molecule has 3 aromatic rings. The van der Waals surface area contributed by atoms with Crippen LogP contribution in [0.2, 0.25) is 0 Å². The summed E-state index contributed by atoms with van der Waals surface area (Å²) in [6.45, 7) is 2.08. The minimum absolute atomic E-state index is 0.128. The molecule has 10 heteroatoms. The number of hydrogen-bond donors (Lipinski definition) is 0. The van der Waals surface area contributed by atoms with Gasteiger partial charge >= 0.3 is 0 Å². The van der Waals surface area contributed by atoms with Crippen molar-refractivity contribution in [3.8, 4) is 17.3 Å². The number of aryl methyl sites for hydroxylation is 1. The molecule has 5 rings (SSSR count). The predicted octanol–water partition coefficient (Wildman–Crippen LogP) is 2.42. The van der Waals surface area contributed by atoms with Crippen molar-refractivity contribution >= 4 is 5.91 Å². The minimum Gasteiger partial charge on any atom is -0.484 e. The first-order chi connectivity index (χ1) is 15.1. The molecule has 0 unspecified atom stereocenters. The van der Waals surface area contributed by atoms with Gasteiger partial charge in [0.25, 0.3) is 11.8 Å². The van der Waals surface area contributed by atoms with E-state index in [2.05, 4.69) is 15.2 Å². The highest BCUT2D eigenvalue weighted by atomic mass is 19.1. The summed E-state index contributed by atoms with van der Waals surface area (Å²) in [7, 11) is 1.83. The molecule has 1 amide bonds. The largest absolute Gasteiger partial charge is 0.484 e. The zero-order chi connectivity index (χ0) is 21.4. The monoisotopic (exact) mass is 427 g/mol. The van der Waals surface area contributed by atoms with Crippen molar-refractivity contribution in [2.24, 2.45) is 7.05 Å². The average molecular weight is 427 g/mol. The second-order valence-corrected chi connectivity index (χ2v) is 7.73. The number of fused-ring (bicyclic) bond motifs is 1. The number of carbonyl (C=O) groups excluding carboxylic acids is 1. The van der Waals surface area contributed by atoms with E-state index >= 15 is 0 Å². The zero-order valence-electron chi connectivity index (χ0n) is 17.1. The van der Waals surface area contributed by atoms with Gasteiger partial charge in [0, 0.05) is 31.7 Å². The van der Waals surface area contributed by atoms with Gasteiger partial charge in [-0.2, -0.15) is 10.1 Å². The molecule has 1 aromatic carbocycles. The quantitative estimate of drug-likeness (QED) is 0.617. The highest BCUT2D eigenvalue weighted by Crippen LogP contribution is 2.33. The zero-order valence-corrected chi connectivity index (χ0v) is 17.1. The van der Waals surface area contributed by atoms with Crippen molar-refractivity contribution < 1.29 is 23.2 Å². The van der Waals surface area contributed by atoms with Crippen LogP contribution in [-0.2, 0) is 29.7 Å². The van der Waals surface area contributed by atoms with E-state index in [0.29, 0.717) is 49.5 Å². The Hall–Kier alpha value is -3.27. The Morgan fingerprint density at radius 3 is 2.77 bits per heavy atom. The third kappa shape index (κ3) is 3.90. The SMILES string of the molecule is Cn1nc(-c2nc(C3CCOCC3)no2)c2c1CN(C(=O)COc1ccc(F)cc1)C2. The summed E-state index contributed by atoms with van der Waals surface area (Å²) >= 11 is 0. The van der Waals surface area contributed by atoms with Crippen molar-refractivity contribution in [1.29, 1.82) is 0 Å². The molecule has 2 aromatic heterocycles. The molecular formula is C21H22FN5O4. The van der Waals surface area contributed by atoms with Crippen molar-refractivity contribution in [1.82, 2.24) is 24.8 Å². The number of rotatable bonds is 5. The molecule has 9 nitrogen and oxygen atoms in total. The number of aromatic nitrogens is 4. The summed E-state index contributed by atoms with van der Waals surface area (Å²) < 4.78 is 31.2. The lowest BCUT2D eigenvalue weighted by Gasteiger charge is -2.18. The van der Waals surface area contributed by atoms with Gasteiger partial charge < -0.3 is 18.9 Å². The van der Waals surface area contributed by atoms with Gasteiger partial charge in [-0.1, -0.05) is 5.16 Å². The maximum atomic E-state index is 13.0. The molecule has 0 radical (unpaired) electrons. The Balaban J connectivity index is 1.28. The molecular weight excluding hydrogens is 405 g/mol. The van der Waals surface area contributed by atoms with Crippen LogP contribution in [0.1, 0.15) is 35.8 Å². The summed E-state index contributed by atoms with van der Waals surface area (Å²) in [5, 5.41) is 8.70. The number of ether oxygens (including phenoxy) is 2. The molecule has 0 aliphatic carbocycles. The predicted molar refractivity (Wildman–Crippen MR) is 105 cm³/mol. The molecule has 162 valence electrons. The summed E-state index contributed by atoms with van der Waals surface area (Å²) in [6, 6.07) is 5.58. The first kappa shape index (κ1) is 19.7. The maximum absolute atomic E-state index is 13.0. The molecule has 2 aliphatic rings. The fraction of sp³-hybridized carbons (Fsp3) is 0.429.